The number of thiophene rings is 1. The maximum absolute atomic E-state index is 15.0. The van der Waals surface area contributed by atoms with Crippen molar-refractivity contribution in [3.8, 4) is 22.1 Å². The number of amides is 5. The Morgan fingerprint density at radius 2 is 1.83 bits per heavy atom. The molecular weight excluding hydrogens is 776 g/mol. The first-order valence-electron chi connectivity index (χ1n) is 16.6. The number of phenols is 1. The number of carbonyl (C=O) groups excluding carboxylic acids is 5. The average Bonchev–Trinajstić information content (AvgIpc) is 3.79. The molecule has 0 radical (unpaired) electrons. The van der Waals surface area contributed by atoms with Crippen molar-refractivity contribution in [3.63, 3.8) is 0 Å². The lowest BCUT2D eigenvalue weighted by atomic mass is 9.51. The van der Waals surface area contributed by atoms with Gasteiger partial charge < -0.3 is 14.6 Å². The summed E-state index contributed by atoms with van der Waals surface area (Å²) in [6, 6.07) is 10.7. The van der Waals surface area contributed by atoms with E-state index in [-0.39, 0.29) is 30.2 Å². The van der Waals surface area contributed by atoms with Gasteiger partial charge in [-0.15, -0.1) is 11.3 Å². The van der Waals surface area contributed by atoms with Crippen LogP contribution in [0.1, 0.15) is 36.8 Å². The van der Waals surface area contributed by atoms with Crippen molar-refractivity contribution in [1.29, 1.82) is 0 Å². The van der Waals surface area contributed by atoms with E-state index >= 15 is 4.79 Å². The molecule has 4 heterocycles. The number of likely N-dealkylation sites (tertiary alicyclic amines) is 1. The Hall–Kier alpha value is -4.53. The van der Waals surface area contributed by atoms with Gasteiger partial charge in [-0.3, -0.25) is 23.9 Å². The van der Waals surface area contributed by atoms with Crippen molar-refractivity contribution in [2.45, 2.75) is 32.6 Å². The Morgan fingerprint density at radius 1 is 1.08 bits per heavy atom. The molecule has 2 aromatic heterocycles. The number of aromatic nitrogens is 2. The third-order valence-electron chi connectivity index (χ3n) is 11.5. The third kappa shape index (κ3) is 4.62. The van der Waals surface area contributed by atoms with Crippen LogP contribution in [-0.4, -0.2) is 63.7 Å². The number of allylic oxidation sites excluding steroid dienone is 2. The van der Waals surface area contributed by atoms with E-state index in [0.29, 0.717) is 31.2 Å². The molecule has 15 heteroatoms. The van der Waals surface area contributed by atoms with Gasteiger partial charge in [-0.25, -0.2) is 9.69 Å². The lowest BCUT2D eigenvalue weighted by molar-refractivity contribution is -0.138. The fourth-order valence-electron chi connectivity index (χ4n) is 9.02. The number of ether oxygens (including phenoxy) is 2. The second-order valence-corrected chi connectivity index (χ2v) is 16.2. The number of hydrogen-bond donors (Lipinski definition) is 1. The van der Waals surface area contributed by atoms with E-state index in [4.69, 9.17) is 26.2 Å². The summed E-state index contributed by atoms with van der Waals surface area (Å²) in [5.41, 5.74) is 1.48. The highest BCUT2D eigenvalue weighted by molar-refractivity contribution is 9.10. The van der Waals surface area contributed by atoms with E-state index in [2.05, 4.69) is 15.9 Å². The summed E-state index contributed by atoms with van der Waals surface area (Å²) in [5.74, 6) is -6.06. The number of imide groups is 4. The molecule has 8 rings (SSSR count). The van der Waals surface area contributed by atoms with E-state index in [0.717, 1.165) is 27.6 Å². The van der Waals surface area contributed by atoms with E-state index in [1.54, 1.807) is 32.2 Å². The molecule has 0 bridgehead atoms. The molecule has 2 aliphatic carbocycles. The van der Waals surface area contributed by atoms with Crippen molar-refractivity contribution >= 4 is 84.5 Å². The van der Waals surface area contributed by atoms with Crippen molar-refractivity contribution in [2.24, 2.45) is 36.1 Å². The van der Waals surface area contributed by atoms with Crippen LogP contribution in [0.5, 0.6) is 11.5 Å². The van der Waals surface area contributed by atoms with E-state index in [9.17, 15) is 24.3 Å². The molecule has 3 fully saturated rings. The Morgan fingerprint density at radius 3 is 2.54 bits per heavy atom. The minimum absolute atomic E-state index is 0.0897. The van der Waals surface area contributed by atoms with Crippen LogP contribution in [0.3, 0.4) is 0 Å². The maximum Gasteiger partial charge on any atom is 0.423 e. The minimum Gasteiger partial charge on any atom is -0.503 e. The van der Waals surface area contributed by atoms with Crippen LogP contribution in [0.4, 0.5) is 10.6 Å². The molecule has 2 aromatic carbocycles. The number of phenolic OH excluding ortho intramolecular Hbond substituents is 1. The highest BCUT2D eigenvalue weighted by Gasteiger charge is 2.68. The van der Waals surface area contributed by atoms with Crippen molar-refractivity contribution in [2.75, 3.05) is 19.1 Å². The zero-order valence-corrected chi connectivity index (χ0v) is 31.8. The lowest BCUT2D eigenvalue weighted by Gasteiger charge is -2.49. The highest BCUT2D eigenvalue weighted by Crippen LogP contribution is 2.64. The smallest absolute Gasteiger partial charge is 0.423 e. The van der Waals surface area contributed by atoms with Crippen molar-refractivity contribution < 1.29 is 38.6 Å². The van der Waals surface area contributed by atoms with Gasteiger partial charge in [0.25, 0.3) is 0 Å². The summed E-state index contributed by atoms with van der Waals surface area (Å²) >= 11 is 11.3. The molecular formula is C37H32BrClN4O8S. The van der Waals surface area contributed by atoms with Gasteiger partial charge in [0.15, 0.2) is 11.5 Å². The van der Waals surface area contributed by atoms with Gasteiger partial charge in [-0.2, -0.15) is 10.00 Å². The number of aryl methyl sites for hydroxylation is 2. The standard InChI is InChI=1S/C37H32BrClN4O8S/c1-15-20-12-17(39)6-9-26(20)52-31(15)24-14-27(41(3)40-24)42-33(46)22-13-21-18(7-8-19-28(21)34(47)43(32(19)45)36(49)51-5)29(37(22,2)35(42)48)16-10-23(38)30(44)25(11-16)50-4/h6-7,9-12,14,19,21-22,28-29,44H,8,13H2,1-5H3/t19-,21+,22-,28-,29-,37+/m0/s1. The first kappa shape index (κ1) is 34.6. The van der Waals surface area contributed by atoms with Gasteiger partial charge in [0, 0.05) is 28.8 Å². The van der Waals surface area contributed by atoms with Crippen LogP contribution in [-0.2, 0) is 31.0 Å². The molecule has 52 heavy (non-hydrogen) atoms. The van der Waals surface area contributed by atoms with Gasteiger partial charge in [-0.05, 0) is 95.4 Å². The topological polar surface area (TPSA) is 148 Å². The van der Waals surface area contributed by atoms with Crippen LogP contribution in [0.15, 0.2) is 52.5 Å². The Kier molecular flexibility index (Phi) is 7.97. The van der Waals surface area contributed by atoms with Crippen LogP contribution < -0.4 is 9.64 Å². The molecule has 5 amide bonds. The number of hydrogen-bond acceptors (Lipinski definition) is 10. The van der Waals surface area contributed by atoms with Gasteiger partial charge in [0.1, 0.15) is 11.5 Å². The SMILES string of the molecule is COC(=O)N1C(=O)[C@H]2[C@H](CC=C3[C@H]2C[C@H]2C(=O)N(c4cc(-c5sc6ccc(Cl)cc6c5C)nn4C)C(=O)[C@@]2(C)[C@H]3c2cc(Br)c(O)c(OC)c2)C1=O. The molecule has 4 aromatic rings. The summed E-state index contributed by atoms with van der Waals surface area (Å²) in [6.45, 7) is 3.74. The number of anilines is 1. The van der Waals surface area contributed by atoms with E-state index in [1.165, 1.54) is 28.0 Å². The molecule has 1 N–H and O–H groups in total. The summed E-state index contributed by atoms with van der Waals surface area (Å²) in [6.07, 6.45) is 1.05. The summed E-state index contributed by atoms with van der Waals surface area (Å²) in [7, 11) is 4.19. The number of benzene rings is 2. The predicted molar refractivity (Wildman–Crippen MR) is 195 cm³/mol. The number of fused-ring (bicyclic) bond motifs is 5. The molecule has 2 saturated heterocycles. The summed E-state index contributed by atoms with van der Waals surface area (Å²) in [4.78, 5) is 72.4. The molecule has 2 aliphatic heterocycles. The predicted octanol–water partition coefficient (Wildman–Crippen LogP) is 6.74. The van der Waals surface area contributed by atoms with Crippen molar-refractivity contribution in [1.82, 2.24) is 14.7 Å². The zero-order valence-electron chi connectivity index (χ0n) is 28.6. The molecule has 1 saturated carbocycles. The van der Waals surface area contributed by atoms with Crippen LogP contribution >= 0.6 is 38.9 Å². The Labute approximate surface area is 315 Å². The van der Waals surface area contributed by atoms with Crippen LogP contribution in [0.2, 0.25) is 5.02 Å². The first-order chi connectivity index (χ1) is 24.7. The quantitative estimate of drug-likeness (QED) is 0.175. The maximum atomic E-state index is 15.0. The molecule has 4 aliphatic rings. The van der Waals surface area contributed by atoms with E-state index in [1.807, 2.05) is 31.2 Å². The third-order valence-corrected chi connectivity index (χ3v) is 13.6. The average molecular weight is 808 g/mol. The zero-order chi connectivity index (χ0) is 37.1. The van der Waals surface area contributed by atoms with Gasteiger partial charge in [-0.1, -0.05) is 23.3 Å². The fourth-order valence-corrected chi connectivity index (χ4v) is 10.8. The summed E-state index contributed by atoms with van der Waals surface area (Å²) in [5, 5.41) is 17.1. The number of rotatable bonds is 4. The molecule has 12 nitrogen and oxygen atoms in total. The van der Waals surface area contributed by atoms with Gasteiger partial charge in [0.05, 0.1) is 46.7 Å². The van der Waals surface area contributed by atoms with Gasteiger partial charge >= 0.3 is 6.09 Å². The molecule has 0 unspecified atom stereocenters. The molecule has 0 spiro atoms. The Bertz CT molecular complexity index is 2330. The number of nitrogens with zero attached hydrogens (tertiary/aromatic N) is 4. The van der Waals surface area contributed by atoms with Gasteiger partial charge in [0.2, 0.25) is 23.6 Å². The highest BCUT2D eigenvalue weighted by atomic mass is 79.9. The lowest BCUT2D eigenvalue weighted by Crippen LogP contribution is -2.49. The minimum atomic E-state index is -1.36. The second kappa shape index (κ2) is 12.0. The summed E-state index contributed by atoms with van der Waals surface area (Å²) < 4.78 is 13.1. The first-order valence-corrected chi connectivity index (χ1v) is 18.5. The van der Waals surface area contributed by atoms with Crippen molar-refractivity contribution in [3.05, 3.63) is 68.7 Å². The molecule has 268 valence electrons. The second-order valence-electron chi connectivity index (χ2n) is 13.9. The normalized spacial score (nSPS) is 26.8. The largest absolute Gasteiger partial charge is 0.503 e. The molecule has 6 atom stereocenters. The monoisotopic (exact) mass is 806 g/mol. The van der Waals surface area contributed by atoms with E-state index < -0.39 is 64.7 Å². The number of carbonyl (C=O) groups is 5. The number of aromatic hydroxyl groups is 1. The number of halogens is 2. The van der Waals surface area contributed by atoms with Crippen LogP contribution in [0, 0.1) is 36.0 Å². The van der Waals surface area contributed by atoms with Crippen LogP contribution in [0.25, 0.3) is 20.7 Å². The Balaban J connectivity index is 1.27. The number of methoxy groups -OCH3 is 2. The fraction of sp³-hybridized carbons (Fsp3) is 0.351.